The molecule has 0 amide bonds. The van der Waals surface area contributed by atoms with E-state index in [9.17, 15) is 0 Å². The fourth-order valence-electron chi connectivity index (χ4n) is 0. The molecule has 0 spiro atoms. The molecule has 0 aliphatic rings. The maximum Gasteiger partial charge on any atom is 2.00 e. The van der Waals surface area contributed by atoms with E-state index in [-0.39, 0.29) is 373 Å². The van der Waals surface area contributed by atoms with Gasteiger partial charge in [0.25, 0.3) is 0 Å². The second-order valence-electron chi connectivity index (χ2n) is 0.0894. The van der Waals surface area contributed by atoms with Gasteiger partial charge in [0.05, 0.1) is 0 Å². The molecule has 0 saturated heterocycles. The summed E-state index contributed by atoms with van der Waals surface area (Å²) in [7, 11) is 0. The summed E-state index contributed by atoms with van der Waals surface area (Å²) in [5, 5.41) is 14.0. The Labute approximate surface area is 397 Å². The minimum atomic E-state index is 0. The molecule has 0 atom stereocenters. The van der Waals surface area contributed by atoms with E-state index >= 15 is 0 Å². The van der Waals surface area contributed by atoms with Crippen molar-refractivity contribution >= 4 is 46.1 Å². The quantitative estimate of drug-likeness (QED) is 0.0709. The van der Waals surface area contributed by atoms with E-state index < -0.39 is 0 Å². The van der Waals surface area contributed by atoms with Crippen molar-refractivity contribution in [2.45, 2.75) is 0 Å². The van der Waals surface area contributed by atoms with Gasteiger partial charge in [0.15, 0.2) is 0 Å². The summed E-state index contributed by atoms with van der Waals surface area (Å²) in [5.74, 6) is 0. The summed E-state index contributed by atoms with van der Waals surface area (Å²) in [6.07, 6.45) is 0. The molecular weight excluding hydrogens is 525 g/mol. The van der Waals surface area contributed by atoms with E-state index in [1.807, 2.05) is 0 Å². The maximum absolute atomic E-state index is 7.00. The van der Waals surface area contributed by atoms with Crippen molar-refractivity contribution in [3.63, 3.8) is 0 Å². The Morgan fingerprint density at radius 3 is 0.696 bits per heavy atom. The number of hydrogen-bond acceptors (Lipinski definition) is 7. The molecule has 0 radical (unpaired) electrons. The Kier molecular flexibility index (Phi) is 2160. The molecule has 11 N–H and O–H groups in total. The number of hydrogen-bond donors (Lipinski definition) is 0. The van der Waals surface area contributed by atoms with E-state index in [2.05, 4.69) is 0 Å². The van der Waals surface area contributed by atoms with Gasteiger partial charge in [-0.25, -0.2) is 0 Å². The first-order valence-electron chi connectivity index (χ1n) is 0.733. The van der Waals surface area contributed by atoms with Gasteiger partial charge >= 0.3 is 311 Å². The summed E-state index contributed by atoms with van der Waals surface area (Å²) >= 11 is 0. The fourth-order valence-corrected chi connectivity index (χ4v) is 0. The van der Waals surface area contributed by atoms with Gasteiger partial charge in [-0.1, -0.05) is 0 Å². The molecule has 23 heteroatoms. The van der Waals surface area contributed by atoms with Crippen molar-refractivity contribution in [2.24, 2.45) is 0 Å². The van der Waals surface area contributed by atoms with Gasteiger partial charge in [0.2, 0.25) is 0 Å². The fraction of sp³-hybridized carbons (Fsp3) is 0. The summed E-state index contributed by atoms with van der Waals surface area (Å²) in [6, 6.07) is 0. The minimum Gasteiger partial charge on any atom is -1.00 e. The van der Waals surface area contributed by atoms with Crippen molar-refractivity contribution in [1.29, 1.82) is 0 Å². The van der Waals surface area contributed by atoms with Crippen LogP contribution in [0.4, 0.5) is 0 Å². The molecule has 0 saturated carbocycles. The van der Waals surface area contributed by atoms with Crippen LogP contribution in [0.15, 0.2) is 0 Å². The number of nitrogens with zero attached hydrogens (tertiary/aromatic N) is 3. The van der Waals surface area contributed by atoms with Crippen molar-refractivity contribution in [3.8, 4) is 0 Å². The third-order valence-corrected chi connectivity index (χ3v) is 0. The molecule has 0 bridgehead atoms. The molecule has 0 aromatic carbocycles. The van der Waals surface area contributed by atoms with Gasteiger partial charge in [-0.15, -0.1) is 0 Å². The Morgan fingerprint density at radius 2 is 0.696 bits per heavy atom. The van der Waals surface area contributed by atoms with Crippen LogP contribution in [0.3, 0.4) is 0 Å². The Bertz CT molecular complexity index is 97.5. The average Bonchev–Trinajstić information content (AvgIpc) is 1.78. The predicted octanol–water partition coefficient (Wildman–Crippen LogP) is -23.3. The van der Waals surface area contributed by atoms with Gasteiger partial charge in [-0.3, -0.25) is 4.91 Å². The van der Waals surface area contributed by atoms with E-state index in [0.717, 1.165) is 0 Å². The van der Waals surface area contributed by atoms with Crippen LogP contribution < -0.4 is 275 Å². The van der Waals surface area contributed by atoms with Gasteiger partial charge in [-0.2, -0.15) is 0 Å². The standard InChI is InChI=1S/Fe.4K.2Mg.N3.2Na.2O2.7H2O.H2.4H/c;;;;;;;1-3-2;;;2*1-2;;;;;;;;;;;;/h;;;;;;;;;;;;7*1H2;1H;;;;/q;4*+1;2*+2;-1;2*+1;;-2;;;;;;;;;4*-1/p-3. The van der Waals surface area contributed by atoms with E-state index in [1.165, 1.54) is 4.91 Å². The smallest absolute Gasteiger partial charge is 1.00 e. The van der Waals surface area contributed by atoms with Gasteiger partial charge < -0.3 is 65.6 Å². The second-order valence-corrected chi connectivity index (χ2v) is 0.0894. The van der Waals surface area contributed by atoms with Crippen LogP contribution >= 0.6 is 0 Å². The van der Waals surface area contributed by atoms with Crippen molar-refractivity contribution in [1.82, 2.24) is 0 Å². The van der Waals surface area contributed by atoms with Crippen LogP contribution in [0.5, 0.6) is 0 Å². The SMILES string of the molecule is O.O.O.O.O=O.[Fe].[H-].[H-].[H-].[H-].[HH].[K+].[K+].[K+].[K+].[Mg+2].[Mg+2].[N-]=[N+]=[N-].[Na+].[Na+].[O-][O-].[OH-].[OH-].[OH-]. The molecule has 0 rings (SSSR count). The zero-order valence-electron chi connectivity index (χ0n) is 18.1. The van der Waals surface area contributed by atoms with Crippen LogP contribution in [0.2, 0.25) is 0 Å². The largest absolute Gasteiger partial charge is 2.00 e. The Hall–Kier alpha value is 9.15. The average molecular weight is 542 g/mol. The molecule has 0 aromatic rings. The van der Waals surface area contributed by atoms with Gasteiger partial charge in [0.1, 0.15) is 0 Å². The second kappa shape index (κ2) is 275. The first-order chi connectivity index (χ1) is 3.41. The zero-order chi connectivity index (χ0) is 6.71. The molecule has 0 aromatic heterocycles. The summed E-state index contributed by atoms with van der Waals surface area (Å²) in [6.45, 7) is 0. The van der Waals surface area contributed by atoms with Gasteiger partial charge in [0, 0.05) is 28.4 Å². The van der Waals surface area contributed by atoms with E-state index in [1.54, 1.807) is 0 Å². The molecule has 116 valence electrons. The van der Waals surface area contributed by atoms with Gasteiger partial charge in [-0.05, 0) is 0 Å². The van der Waals surface area contributed by atoms with Crippen molar-refractivity contribution in [3.05, 3.63) is 25.9 Å². The van der Waals surface area contributed by atoms with Crippen LogP contribution in [-0.4, -0.2) is 84.4 Å². The monoisotopic (exact) mass is 541 g/mol. The van der Waals surface area contributed by atoms with E-state index in [0.29, 0.717) is 0 Å². The molecule has 23 heavy (non-hydrogen) atoms. The topological polar surface area (TPSA) is 355 Å². The third-order valence-electron chi connectivity index (χ3n) is 0. The summed E-state index contributed by atoms with van der Waals surface area (Å²) in [5.41, 5.74) is 13.5. The first-order valence-corrected chi connectivity index (χ1v) is 0.733. The first kappa shape index (κ1) is 180. The number of rotatable bonds is 0. The predicted molar refractivity (Wildman–Crippen MR) is 55.1 cm³/mol. The molecule has 0 fully saturated rings. The molecule has 14 nitrogen and oxygen atoms in total. The summed E-state index contributed by atoms with van der Waals surface area (Å²) in [4.78, 5) is 15.5. The van der Waals surface area contributed by atoms with Crippen LogP contribution in [0.25, 0.3) is 16.0 Å². The maximum atomic E-state index is 7.00. The Morgan fingerprint density at radius 1 is 0.696 bits per heavy atom. The molecule has 0 aliphatic carbocycles. The van der Waals surface area contributed by atoms with Crippen molar-refractivity contribution in [2.75, 3.05) is 0 Å². The van der Waals surface area contributed by atoms with Crippen molar-refractivity contribution < 1.29 is 338 Å². The zero-order valence-corrected chi connectivity index (χ0v) is 34.5. The molecule has 0 unspecified atom stereocenters. The Balaban J connectivity index is -0.000000000285. The summed E-state index contributed by atoms with van der Waals surface area (Å²) < 4.78 is 0. The van der Waals surface area contributed by atoms with Crippen LogP contribution in [-0.2, 0) is 17.1 Å². The van der Waals surface area contributed by atoms with Crippen LogP contribution in [0.1, 0.15) is 7.13 Å². The molecule has 0 aliphatic heterocycles. The van der Waals surface area contributed by atoms with Crippen LogP contribution in [0, 0.1) is 9.93 Å². The van der Waals surface area contributed by atoms with E-state index in [4.69, 9.17) is 31.5 Å². The minimum absolute atomic E-state index is 0. The third kappa shape index (κ3) is 316. The normalized spacial score (nSPS) is 0.783. The molecule has 0 heterocycles. The molecular formula is H17FeK4Mg2N3Na2O11.